The lowest BCUT2D eigenvalue weighted by atomic mass is 10.1. The van der Waals surface area contributed by atoms with E-state index in [0.29, 0.717) is 24.4 Å². The van der Waals surface area contributed by atoms with Crippen LogP contribution < -0.4 is 0 Å². The highest BCUT2D eigenvalue weighted by atomic mass is 32.4. The highest BCUT2D eigenvalue weighted by Gasteiger charge is 2.39. The van der Waals surface area contributed by atoms with Crippen molar-refractivity contribution in [1.29, 1.82) is 0 Å². The third kappa shape index (κ3) is 10.5. The zero-order valence-electron chi connectivity index (χ0n) is 14.1. The van der Waals surface area contributed by atoms with E-state index < -0.39 is 7.95 Å². The molecule has 0 rings (SSSR count). The molecule has 0 aromatic heterocycles. The van der Waals surface area contributed by atoms with Gasteiger partial charge >= 0.3 is 7.95 Å². The van der Waals surface area contributed by atoms with Gasteiger partial charge in [-0.1, -0.05) is 56.7 Å². The van der Waals surface area contributed by atoms with Gasteiger partial charge in [0.05, 0.1) is 0 Å². The number of rotatable bonds is 15. The summed E-state index contributed by atoms with van der Waals surface area (Å²) in [6.45, 7) is 2.23. The van der Waals surface area contributed by atoms with Gasteiger partial charge in [0.1, 0.15) is 5.78 Å². The number of ketones is 1. The molecule has 0 fully saturated rings. The van der Waals surface area contributed by atoms with E-state index in [1.807, 2.05) is 0 Å². The van der Waals surface area contributed by atoms with Gasteiger partial charge in [0, 0.05) is 39.9 Å². The Morgan fingerprint density at radius 3 is 1.90 bits per heavy atom. The van der Waals surface area contributed by atoms with Crippen molar-refractivity contribution in [1.82, 2.24) is 0 Å². The summed E-state index contributed by atoms with van der Waals surface area (Å²) in [5.41, 5.74) is 0. The van der Waals surface area contributed by atoms with Crippen molar-refractivity contribution in [2.24, 2.45) is 0 Å². The molecule has 0 aromatic carbocycles. The fourth-order valence-electron chi connectivity index (χ4n) is 2.12. The second-order valence-corrected chi connectivity index (χ2v) is 10.4. The molecule has 0 aliphatic rings. The summed E-state index contributed by atoms with van der Waals surface area (Å²) in [4.78, 5) is 11.8. The minimum Gasteiger partial charge on any atom is -0.369 e. The average Bonchev–Trinajstić information content (AvgIpc) is 2.51. The van der Waals surface area contributed by atoms with Gasteiger partial charge in [-0.2, -0.15) is 0 Å². The topological polar surface area (TPSA) is 44.8 Å². The summed E-state index contributed by atoms with van der Waals surface area (Å²) in [6.07, 6.45) is 9.99. The Morgan fingerprint density at radius 2 is 1.38 bits per heavy atom. The second-order valence-electron chi connectivity index (χ2n) is 5.12. The minimum atomic E-state index is -2.58. The smallest absolute Gasteiger partial charge is 0.369 e. The zero-order chi connectivity index (χ0) is 16.0. The number of hydrogen-bond donors (Lipinski definition) is 0. The average molecular weight is 337 g/mol. The van der Waals surface area contributed by atoms with Crippen LogP contribution in [0.5, 0.6) is 0 Å². The monoisotopic (exact) mass is 336 g/mol. The highest BCUT2D eigenvalue weighted by molar-refractivity contribution is 8.26. The molecule has 4 nitrogen and oxygen atoms in total. The highest BCUT2D eigenvalue weighted by Crippen LogP contribution is 2.23. The first-order valence-corrected chi connectivity index (χ1v) is 11.4. The van der Waals surface area contributed by atoms with Crippen LogP contribution in [0.15, 0.2) is 0 Å². The number of carbonyl (C=O) groups is 1. The molecule has 0 unspecified atom stereocenters. The first kappa shape index (κ1) is 21.1. The van der Waals surface area contributed by atoms with Gasteiger partial charge in [-0.25, -0.2) is 0 Å². The lowest BCUT2D eigenvalue weighted by Crippen LogP contribution is -2.39. The van der Waals surface area contributed by atoms with Crippen LogP contribution in [0, 0.1) is 0 Å². The first-order chi connectivity index (χ1) is 10.1. The molecule has 0 saturated carbocycles. The summed E-state index contributed by atoms with van der Waals surface area (Å²) in [5, 5.41) is 0. The van der Waals surface area contributed by atoms with E-state index in [1.165, 1.54) is 49.7 Å². The largest absolute Gasteiger partial charge is 0.572 e. The van der Waals surface area contributed by atoms with E-state index >= 15 is 0 Å². The van der Waals surface area contributed by atoms with Crippen LogP contribution in [-0.2, 0) is 18.1 Å². The van der Waals surface area contributed by atoms with Gasteiger partial charge < -0.3 is 13.3 Å². The molecular formula is C15H32O4SSi. The van der Waals surface area contributed by atoms with Crippen LogP contribution >= 0.6 is 11.2 Å². The lowest BCUT2D eigenvalue weighted by molar-refractivity contribution is -0.118. The van der Waals surface area contributed by atoms with Crippen molar-refractivity contribution in [3.63, 3.8) is 0 Å². The van der Waals surface area contributed by atoms with Crippen LogP contribution in [0.1, 0.15) is 64.7 Å². The van der Waals surface area contributed by atoms with Crippen molar-refractivity contribution in [3.05, 3.63) is 0 Å². The predicted molar refractivity (Wildman–Crippen MR) is 91.5 cm³/mol. The number of carbonyl (C=O) groups excluding carboxylic acids is 1. The van der Waals surface area contributed by atoms with E-state index in [9.17, 15) is 4.79 Å². The molecule has 0 aliphatic heterocycles. The molecule has 0 atom stereocenters. The van der Waals surface area contributed by atoms with Crippen molar-refractivity contribution < 1.29 is 18.1 Å². The first-order valence-electron chi connectivity index (χ1n) is 7.95. The van der Waals surface area contributed by atoms with Gasteiger partial charge in [0.25, 0.3) is 0 Å². The predicted octanol–water partition coefficient (Wildman–Crippen LogP) is 4.19. The normalized spacial score (nSPS) is 11.8. The Balaban J connectivity index is 3.58. The minimum absolute atomic E-state index is 0.335. The summed E-state index contributed by atoms with van der Waals surface area (Å²) < 4.78 is 15.9. The van der Waals surface area contributed by atoms with Gasteiger partial charge in [0.15, 0.2) is 0 Å². The second kappa shape index (κ2) is 13.8. The molecule has 0 aromatic rings. The van der Waals surface area contributed by atoms with Crippen molar-refractivity contribution >= 4 is 24.9 Å². The van der Waals surface area contributed by atoms with E-state index in [0.717, 1.165) is 6.42 Å². The molecule has 0 aliphatic carbocycles. The van der Waals surface area contributed by atoms with E-state index in [-0.39, 0.29) is 0 Å². The maximum Gasteiger partial charge on any atom is 0.572 e. The Labute approximate surface area is 135 Å². The number of unbranched alkanes of at least 4 members (excludes halogenated alkanes) is 6. The third-order valence-electron chi connectivity index (χ3n) is 3.47. The Hall–Kier alpha value is 0.117. The van der Waals surface area contributed by atoms with Crippen LogP contribution in [0.3, 0.4) is 0 Å². The third-order valence-corrected chi connectivity index (χ3v) is 8.90. The molecular weight excluding hydrogens is 304 g/mol. The molecule has 21 heavy (non-hydrogen) atoms. The van der Waals surface area contributed by atoms with Gasteiger partial charge in [0.2, 0.25) is 0 Å². The standard InChI is InChI=1S/C15H32O4SSi/c1-5-6-7-8-9-10-11-12-15(16)13-14-20-21(17-2,18-3)19-4/h5-14H2,1-4H3. The van der Waals surface area contributed by atoms with Gasteiger partial charge in [-0.15, -0.1) is 0 Å². The molecule has 6 heteroatoms. The van der Waals surface area contributed by atoms with Crippen LogP contribution in [0.25, 0.3) is 0 Å². The fraction of sp³-hybridized carbons (Fsp3) is 0.933. The molecule has 0 bridgehead atoms. The quantitative estimate of drug-likeness (QED) is 0.331. The van der Waals surface area contributed by atoms with Crippen molar-refractivity contribution in [2.45, 2.75) is 64.7 Å². The van der Waals surface area contributed by atoms with Crippen LogP contribution in [0.2, 0.25) is 0 Å². The van der Waals surface area contributed by atoms with E-state index in [4.69, 9.17) is 13.3 Å². The van der Waals surface area contributed by atoms with Crippen molar-refractivity contribution in [2.75, 3.05) is 27.1 Å². The molecule has 126 valence electrons. The molecule has 0 spiro atoms. The Kier molecular flexibility index (Phi) is 13.8. The fourth-order valence-corrected chi connectivity index (χ4v) is 5.67. The van der Waals surface area contributed by atoms with Gasteiger partial charge in [-0.3, -0.25) is 4.79 Å². The summed E-state index contributed by atoms with van der Waals surface area (Å²) >= 11 is 1.50. The van der Waals surface area contributed by atoms with Crippen LogP contribution in [0.4, 0.5) is 0 Å². The Morgan fingerprint density at radius 1 is 0.857 bits per heavy atom. The molecule has 0 radical (unpaired) electrons. The summed E-state index contributed by atoms with van der Waals surface area (Å²) in [5.74, 6) is 1.04. The van der Waals surface area contributed by atoms with Crippen LogP contribution in [-0.4, -0.2) is 40.8 Å². The summed E-state index contributed by atoms with van der Waals surface area (Å²) in [6, 6.07) is 0. The zero-order valence-corrected chi connectivity index (χ0v) is 15.9. The number of Topliss-reactive ketones (excluding diaryl/α,β-unsaturated/α-hetero) is 1. The maximum absolute atomic E-state index is 11.8. The molecule has 0 heterocycles. The molecule has 0 N–H and O–H groups in total. The maximum atomic E-state index is 11.8. The molecule has 0 saturated heterocycles. The van der Waals surface area contributed by atoms with Crippen molar-refractivity contribution in [3.8, 4) is 0 Å². The SMILES string of the molecule is CCCCCCCCCC(=O)CCS[Si](OC)(OC)OC. The van der Waals surface area contributed by atoms with E-state index in [1.54, 1.807) is 21.3 Å². The van der Waals surface area contributed by atoms with E-state index in [2.05, 4.69) is 6.92 Å². The summed E-state index contributed by atoms with van der Waals surface area (Å²) in [7, 11) is 2.19. The Bertz CT molecular complexity index is 252. The molecule has 0 amide bonds. The van der Waals surface area contributed by atoms with Gasteiger partial charge in [-0.05, 0) is 6.42 Å². The lowest BCUT2D eigenvalue weighted by Gasteiger charge is -2.22. The number of hydrogen-bond acceptors (Lipinski definition) is 5.